The molecule has 5 N–H and O–H groups in total. The molecule has 300 valence electrons. The predicted octanol–water partition coefficient (Wildman–Crippen LogP) is 10.3. The molecule has 4 aromatic rings. The summed E-state index contributed by atoms with van der Waals surface area (Å²) in [5, 5.41) is 13.1. The lowest BCUT2D eigenvalue weighted by Gasteiger charge is -2.33. The number of hydrogen-bond acceptors (Lipinski definition) is 8. The van der Waals surface area contributed by atoms with Gasteiger partial charge in [-0.25, -0.2) is 14.8 Å². The predicted molar refractivity (Wildman–Crippen MR) is 239 cm³/mol. The molecule has 3 aliphatic carbocycles. The number of aryl methyl sites for hydroxylation is 1. The third-order valence-corrected chi connectivity index (χ3v) is 11.8. The highest BCUT2D eigenvalue weighted by atomic mass is 32.1. The summed E-state index contributed by atoms with van der Waals surface area (Å²) in [4.78, 5) is 36.6. The van der Waals surface area contributed by atoms with Gasteiger partial charge < -0.3 is 21.5 Å². The largest absolute Gasteiger partial charge is 0.478 e. The lowest BCUT2D eigenvalue weighted by atomic mass is 9.90. The second-order valence-electron chi connectivity index (χ2n) is 13.6. The Morgan fingerprint density at radius 3 is 1.74 bits per heavy atom. The number of aromatic carboxylic acids is 1. The van der Waals surface area contributed by atoms with Crippen molar-refractivity contribution in [1.82, 2.24) is 14.9 Å². The highest BCUT2D eigenvalue weighted by molar-refractivity contribution is 7.10. The molecule has 1 aliphatic heterocycles. The van der Waals surface area contributed by atoms with Gasteiger partial charge in [0, 0.05) is 28.7 Å². The van der Waals surface area contributed by atoms with E-state index in [1.54, 1.807) is 34.0 Å². The van der Waals surface area contributed by atoms with Gasteiger partial charge in [-0.1, -0.05) is 21.8 Å². The number of terminal acetylenes is 2. The minimum atomic E-state index is -0.950. The summed E-state index contributed by atoms with van der Waals surface area (Å²) in [6.45, 7) is 8.86. The van der Waals surface area contributed by atoms with Crippen molar-refractivity contribution in [2.24, 2.45) is 0 Å². The third kappa shape index (κ3) is 13.6. The van der Waals surface area contributed by atoms with Crippen molar-refractivity contribution in [1.29, 1.82) is 0 Å². The number of nitrogen functional groups attached to an aromatic ring is 2. The van der Waals surface area contributed by atoms with E-state index in [-0.39, 0.29) is 32.4 Å². The number of fused-ring (bicyclic) bond motifs is 2. The zero-order chi connectivity index (χ0) is 39.9. The van der Waals surface area contributed by atoms with Crippen LogP contribution < -0.4 is 11.5 Å². The van der Waals surface area contributed by atoms with Gasteiger partial charge in [-0.15, -0.1) is 47.4 Å². The number of carboxylic acid groups (broad SMARTS) is 1. The summed E-state index contributed by atoms with van der Waals surface area (Å²) < 4.78 is 0. The van der Waals surface area contributed by atoms with Crippen molar-refractivity contribution in [3.05, 3.63) is 90.6 Å². The van der Waals surface area contributed by atoms with E-state index in [9.17, 15) is 9.59 Å². The number of anilines is 2. The summed E-state index contributed by atoms with van der Waals surface area (Å²) in [6.07, 6.45) is 21.9. The Bertz CT molecular complexity index is 2140. The average Bonchev–Trinajstić information content (AvgIpc) is 4.12. The van der Waals surface area contributed by atoms with Gasteiger partial charge in [0.25, 0.3) is 5.91 Å². The third-order valence-electron chi connectivity index (χ3n) is 9.77. The minimum Gasteiger partial charge on any atom is -0.478 e. The lowest BCUT2D eigenvalue weighted by Crippen LogP contribution is -2.38. The molecular weight excluding hydrogens is 747 g/mol. The van der Waals surface area contributed by atoms with Gasteiger partial charge in [0.05, 0.1) is 17.2 Å². The van der Waals surface area contributed by atoms with E-state index < -0.39 is 5.97 Å². The van der Waals surface area contributed by atoms with Crippen LogP contribution in [0.5, 0.6) is 0 Å². The molecule has 5 heterocycles. The van der Waals surface area contributed by atoms with Gasteiger partial charge in [-0.2, -0.15) is 0 Å². The number of aromatic nitrogens is 2. The smallest absolute Gasteiger partial charge is 0.337 e. The molecule has 8 nitrogen and oxygen atoms in total. The number of carbonyl (C=O) groups is 2. The van der Waals surface area contributed by atoms with Gasteiger partial charge in [0.15, 0.2) is 0 Å². The number of thiophene rings is 2. The number of carboxylic acids is 1. The van der Waals surface area contributed by atoms with Crippen LogP contribution in [0.15, 0.2) is 47.4 Å². The number of hydrogen-bond donors (Lipinski definition) is 3. The summed E-state index contributed by atoms with van der Waals surface area (Å²) in [6, 6.07) is 8.15. The molecule has 0 radical (unpaired) electrons. The first kappa shape index (κ1) is 47.6. The number of nitrogens with two attached hydrogens (primary N) is 2. The van der Waals surface area contributed by atoms with Crippen LogP contribution in [0, 0.1) is 48.4 Å². The average molecular weight is 804 g/mol. The maximum absolute atomic E-state index is 12.9. The fourth-order valence-electron chi connectivity index (χ4n) is 6.40. The molecule has 57 heavy (non-hydrogen) atoms. The van der Waals surface area contributed by atoms with Crippen LogP contribution in [-0.4, -0.2) is 38.4 Å². The number of carbonyl (C=O) groups excluding carboxylic acids is 1. The maximum atomic E-state index is 12.9. The van der Waals surface area contributed by atoms with Crippen molar-refractivity contribution in [2.45, 2.75) is 118 Å². The first-order chi connectivity index (χ1) is 26.5. The summed E-state index contributed by atoms with van der Waals surface area (Å²) in [5.41, 5.74) is 17.3. The first-order valence-corrected chi connectivity index (χ1v) is 20.2. The zero-order valence-electron chi connectivity index (χ0n) is 32.0. The lowest BCUT2D eigenvalue weighted by molar-refractivity contribution is 0.0675. The van der Waals surface area contributed by atoms with Crippen molar-refractivity contribution in [3.8, 4) is 48.4 Å². The van der Waals surface area contributed by atoms with Crippen molar-refractivity contribution in [2.75, 3.05) is 18.0 Å². The van der Waals surface area contributed by atoms with Gasteiger partial charge in [-0.05, 0) is 171 Å². The van der Waals surface area contributed by atoms with Gasteiger partial charge in [0.1, 0.15) is 11.6 Å². The molecule has 8 rings (SSSR count). The highest BCUT2D eigenvalue weighted by Gasteiger charge is 2.31. The molecular formula is C47H57N5O3S2. The molecule has 0 bridgehead atoms. The van der Waals surface area contributed by atoms with E-state index in [1.807, 2.05) is 36.2 Å². The second kappa shape index (κ2) is 23.5. The molecule has 2 fully saturated rings. The maximum Gasteiger partial charge on any atom is 0.337 e. The monoisotopic (exact) mass is 803 g/mol. The van der Waals surface area contributed by atoms with Crippen LogP contribution in [0.2, 0.25) is 0 Å². The van der Waals surface area contributed by atoms with Crippen LogP contribution >= 0.6 is 22.7 Å². The molecule has 2 saturated carbocycles. The van der Waals surface area contributed by atoms with Crippen LogP contribution in [0.25, 0.3) is 0 Å². The van der Waals surface area contributed by atoms with Crippen molar-refractivity contribution >= 4 is 46.2 Å². The van der Waals surface area contributed by atoms with Crippen LogP contribution in [0.4, 0.5) is 11.6 Å². The normalized spacial score (nSPS) is 16.4. The quantitative estimate of drug-likeness (QED) is 0.175. The summed E-state index contributed by atoms with van der Waals surface area (Å²) >= 11 is 3.72. The molecule has 0 aromatic carbocycles. The second-order valence-corrected chi connectivity index (χ2v) is 15.6. The van der Waals surface area contributed by atoms with E-state index in [0.29, 0.717) is 29.0 Å². The van der Waals surface area contributed by atoms with Crippen molar-refractivity contribution in [3.63, 3.8) is 0 Å². The Balaban J connectivity index is 0.000000275. The van der Waals surface area contributed by atoms with Crippen LogP contribution in [-0.2, 0) is 12.8 Å². The topological polar surface area (TPSA) is 135 Å². The fourth-order valence-corrected chi connectivity index (χ4v) is 8.41. The molecule has 2 atom stereocenters. The number of nitrogens with zero attached hydrogens (tertiary/aromatic N) is 3. The molecule has 0 saturated heterocycles. The Hall–Kier alpha value is -5.52. The minimum absolute atomic E-state index is 0. The van der Waals surface area contributed by atoms with E-state index in [0.717, 1.165) is 55.7 Å². The van der Waals surface area contributed by atoms with E-state index in [4.69, 9.17) is 29.4 Å². The molecule has 10 heteroatoms. The van der Waals surface area contributed by atoms with Crippen molar-refractivity contribution < 1.29 is 14.7 Å². The number of amides is 1. The summed E-state index contributed by atoms with van der Waals surface area (Å²) in [5.74, 6) is 15.9. The van der Waals surface area contributed by atoms with E-state index in [1.165, 1.54) is 35.9 Å². The Morgan fingerprint density at radius 1 is 0.772 bits per heavy atom. The standard InChI is InChI=1S/C17H19N3OS.C9H10N2O2.C9H12S.C6H2.C4H6.2CH4/c1-10-13-5-7-22-15(13)4-6-20(10)17(21)12-8-14(11-2-3-11)16(18)19-9-12;10-8-7(5-1-2-5)3-6(4-11-8)9(12)13;1-7-3-2-4-9-8(7)5-6-10-9;1-3-5-6-4-2;1-3-4-2;;/h5,7-11H,2-4,6H2,1H3,(H2,18,19);3-5H,1-2H2,(H2,10,11)(H,12,13);5-7H,2-4H2,1H3;1-2H;1-2H3;2*1H4/t10-;;7-;;;;/m1.0..../s1. The highest BCUT2D eigenvalue weighted by Crippen LogP contribution is 2.43. The van der Waals surface area contributed by atoms with Gasteiger partial charge >= 0.3 is 5.97 Å². The Labute approximate surface area is 348 Å². The molecule has 0 spiro atoms. The zero-order valence-corrected chi connectivity index (χ0v) is 33.7. The van der Waals surface area contributed by atoms with E-state index in [2.05, 4.69) is 82.2 Å². The molecule has 4 aliphatic rings. The van der Waals surface area contributed by atoms with Gasteiger partial charge in [-0.3, -0.25) is 4.79 Å². The number of pyridine rings is 2. The SMILES string of the molecule is C.C.C#CC#CC#C.CC#CC.C[C@@H]1c2ccsc2CCN1C(=O)c1cnc(N)c(C2CC2)c1.C[C@H]1CCCc2sccc21.Nc1ncc(C(=O)O)cc1C1CC1. The van der Waals surface area contributed by atoms with E-state index >= 15 is 0 Å². The Kier molecular flexibility index (Phi) is 19.7. The fraction of sp³-hybridized carbons (Fsp3) is 0.404. The molecule has 4 aromatic heterocycles. The first-order valence-electron chi connectivity index (χ1n) is 18.5. The summed E-state index contributed by atoms with van der Waals surface area (Å²) in [7, 11) is 0. The van der Waals surface area contributed by atoms with Crippen LogP contribution in [0.1, 0.15) is 158 Å². The molecule has 0 unspecified atom stereocenters. The molecule has 1 amide bonds. The number of rotatable bonds is 4. The van der Waals surface area contributed by atoms with Crippen LogP contribution in [0.3, 0.4) is 0 Å². The van der Waals surface area contributed by atoms with Gasteiger partial charge in [0.2, 0.25) is 0 Å². The Morgan fingerprint density at radius 2 is 1.26 bits per heavy atom.